The van der Waals surface area contributed by atoms with Crippen molar-refractivity contribution in [1.82, 2.24) is 0 Å². The van der Waals surface area contributed by atoms with E-state index < -0.39 is 0 Å². The number of halogens is 2. The van der Waals surface area contributed by atoms with E-state index >= 15 is 0 Å². The van der Waals surface area contributed by atoms with E-state index in [1.54, 1.807) is 12.1 Å². The van der Waals surface area contributed by atoms with Crippen LogP contribution in [0.15, 0.2) is 12.1 Å². The zero-order valence-corrected chi connectivity index (χ0v) is 21.8. The second-order valence-electron chi connectivity index (χ2n) is 11.5. The number of hydrogen-bond donors (Lipinski definition) is 0. The summed E-state index contributed by atoms with van der Waals surface area (Å²) in [6, 6.07) is 3.35. The van der Waals surface area contributed by atoms with E-state index in [9.17, 15) is 8.78 Å². The largest absolute Gasteiger partial charge is 0.207 e. The summed E-state index contributed by atoms with van der Waals surface area (Å²) in [5.74, 6) is 2.40. The molecule has 0 N–H and O–H groups in total. The van der Waals surface area contributed by atoms with E-state index in [4.69, 9.17) is 0 Å². The minimum Gasteiger partial charge on any atom is -0.207 e. The molecular weight excluding hydrogens is 410 g/mol. The minimum atomic E-state index is -0.309. The first-order chi connectivity index (χ1) is 16.0. The van der Waals surface area contributed by atoms with Gasteiger partial charge in [0.15, 0.2) is 0 Å². The van der Waals surface area contributed by atoms with Gasteiger partial charge in [0.2, 0.25) is 0 Å². The first-order valence-electron chi connectivity index (χ1n) is 14.5. The highest BCUT2D eigenvalue weighted by molar-refractivity contribution is 5.31. The molecule has 0 aliphatic heterocycles. The van der Waals surface area contributed by atoms with Crippen molar-refractivity contribution in [3.05, 3.63) is 34.9 Å². The van der Waals surface area contributed by atoms with Gasteiger partial charge < -0.3 is 0 Å². The monoisotopic (exact) mass is 460 g/mol. The summed E-state index contributed by atoms with van der Waals surface area (Å²) in [6.07, 6.45) is 21.5. The van der Waals surface area contributed by atoms with Crippen LogP contribution in [-0.2, 0) is 0 Å². The third-order valence-electron chi connectivity index (χ3n) is 9.10. The van der Waals surface area contributed by atoms with Crippen LogP contribution in [0.5, 0.6) is 0 Å². The molecule has 0 spiro atoms. The molecule has 3 rings (SSSR count). The zero-order chi connectivity index (χ0) is 23.6. The second-order valence-corrected chi connectivity index (χ2v) is 11.5. The molecule has 188 valence electrons. The Kier molecular flexibility index (Phi) is 11.2. The van der Waals surface area contributed by atoms with E-state index in [2.05, 4.69) is 13.8 Å². The Hall–Kier alpha value is -0.920. The molecule has 2 saturated carbocycles. The molecule has 2 aliphatic carbocycles. The van der Waals surface area contributed by atoms with Crippen molar-refractivity contribution in [3.63, 3.8) is 0 Å². The third kappa shape index (κ3) is 7.79. The Morgan fingerprint density at radius 2 is 1.27 bits per heavy atom. The van der Waals surface area contributed by atoms with Crippen molar-refractivity contribution in [2.75, 3.05) is 0 Å². The van der Waals surface area contributed by atoms with Gasteiger partial charge in [-0.2, -0.15) is 0 Å². The maximum atomic E-state index is 15.0. The lowest BCUT2D eigenvalue weighted by Gasteiger charge is -2.38. The summed E-state index contributed by atoms with van der Waals surface area (Å²) in [6.45, 7) is 6.46. The Labute approximate surface area is 203 Å². The number of hydrogen-bond acceptors (Lipinski definition) is 0. The van der Waals surface area contributed by atoms with E-state index in [1.165, 1.54) is 77.0 Å². The smallest absolute Gasteiger partial charge is 0.129 e. The predicted octanol–water partition coefficient (Wildman–Crippen LogP) is 10.7. The fourth-order valence-electron chi connectivity index (χ4n) is 6.89. The molecule has 0 heterocycles. The Balaban J connectivity index is 1.47. The van der Waals surface area contributed by atoms with Crippen molar-refractivity contribution >= 4 is 0 Å². The Bertz CT molecular complexity index is 657. The normalized spacial score (nSPS) is 26.9. The van der Waals surface area contributed by atoms with Crippen molar-refractivity contribution in [1.29, 1.82) is 0 Å². The molecule has 0 aromatic heterocycles. The molecule has 0 bridgehead atoms. The molecule has 2 fully saturated rings. The summed E-state index contributed by atoms with van der Waals surface area (Å²) in [5.41, 5.74) is 1.23. The summed E-state index contributed by atoms with van der Waals surface area (Å²) in [5, 5.41) is 0. The number of benzene rings is 1. The average molecular weight is 461 g/mol. The van der Waals surface area contributed by atoms with Gasteiger partial charge in [0, 0.05) is 5.56 Å². The fraction of sp³-hybridized carbons (Fsp3) is 0.806. The van der Waals surface area contributed by atoms with Gasteiger partial charge in [-0.05, 0) is 92.2 Å². The van der Waals surface area contributed by atoms with Crippen molar-refractivity contribution in [2.45, 2.75) is 142 Å². The third-order valence-corrected chi connectivity index (χ3v) is 9.10. The van der Waals surface area contributed by atoms with Gasteiger partial charge in [0.25, 0.3) is 0 Å². The Morgan fingerprint density at radius 1 is 0.727 bits per heavy atom. The highest BCUT2D eigenvalue weighted by atomic mass is 19.1. The van der Waals surface area contributed by atoms with E-state index in [1.807, 2.05) is 6.92 Å². The zero-order valence-electron chi connectivity index (χ0n) is 21.8. The lowest BCUT2D eigenvalue weighted by atomic mass is 9.68. The maximum Gasteiger partial charge on any atom is 0.129 e. The van der Waals surface area contributed by atoms with Gasteiger partial charge in [-0.3, -0.25) is 0 Å². The Morgan fingerprint density at radius 3 is 1.85 bits per heavy atom. The topological polar surface area (TPSA) is 0 Å². The van der Waals surface area contributed by atoms with Crippen molar-refractivity contribution in [2.24, 2.45) is 17.8 Å². The van der Waals surface area contributed by atoms with Gasteiger partial charge in [0.05, 0.1) is 0 Å². The summed E-state index contributed by atoms with van der Waals surface area (Å²) in [4.78, 5) is 0. The molecule has 1 unspecified atom stereocenters. The van der Waals surface area contributed by atoms with Gasteiger partial charge in [-0.15, -0.1) is 0 Å². The van der Waals surface area contributed by atoms with Gasteiger partial charge in [-0.1, -0.05) is 85.0 Å². The van der Waals surface area contributed by atoms with Crippen LogP contribution in [0.1, 0.15) is 153 Å². The second kappa shape index (κ2) is 13.8. The highest BCUT2D eigenvalue weighted by Crippen LogP contribution is 2.45. The molecule has 1 aromatic carbocycles. The lowest BCUT2D eigenvalue weighted by molar-refractivity contribution is 0.155. The molecule has 2 heteroatoms. The van der Waals surface area contributed by atoms with E-state index in [0.717, 1.165) is 55.4 Å². The van der Waals surface area contributed by atoms with Crippen LogP contribution in [0.4, 0.5) is 8.78 Å². The van der Waals surface area contributed by atoms with Crippen LogP contribution < -0.4 is 0 Å². The number of rotatable bonds is 12. The van der Waals surface area contributed by atoms with Crippen LogP contribution in [0.2, 0.25) is 0 Å². The van der Waals surface area contributed by atoms with Gasteiger partial charge >= 0.3 is 0 Å². The molecule has 0 amide bonds. The molecule has 1 aromatic rings. The van der Waals surface area contributed by atoms with Gasteiger partial charge in [-0.25, -0.2) is 8.78 Å². The van der Waals surface area contributed by atoms with Crippen LogP contribution in [0.25, 0.3) is 0 Å². The highest BCUT2D eigenvalue weighted by Gasteiger charge is 2.32. The first kappa shape index (κ1) is 26.7. The average Bonchev–Trinajstić information content (AvgIpc) is 2.82. The minimum absolute atomic E-state index is 0.0382. The summed E-state index contributed by atoms with van der Waals surface area (Å²) in [7, 11) is 0. The van der Waals surface area contributed by atoms with Gasteiger partial charge in [0.1, 0.15) is 11.6 Å². The molecule has 1 atom stereocenters. The van der Waals surface area contributed by atoms with Crippen LogP contribution >= 0.6 is 0 Å². The number of unbranched alkanes of at least 4 members (excludes halogenated alkanes) is 5. The molecule has 0 nitrogen and oxygen atoms in total. The fourth-order valence-corrected chi connectivity index (χ4v) is 6.89. The first-order valence-corrected chi connectivity index (χ1v) is 14.5. The van der Waals surface area contributed by atoms with Crippen LogP contribution in [-0.4, -0.2) is 0 Å². The quantitative estimate of drug-likeness (QED) is 0.272. The SMILES string of the molecule is CCCCCCC(C)c1c(F)cc(C2CCC(C3CCC(CCCCC)CC3)CC2)cc1F. The molecule has 2 aliphatic rings. The van der Waals surface area contributed by atoms with E-state index in [-0.39, 0.29) is 17.6 Å². The van der Waals surface area contributed by atoms with E-state index in [0.29, 0.717) is 11.5 Å². The maximum absolute atomic E-state index is 15.0. The molecule has 33 heavy (non-hydrogen) atoms. The van der Waals surface area contributed by atoms with Crippen LogP contribution in [0, 0.1) is 29.4 Å². The van der Waals surface area contributed by atoms with Crippen LogP contribution in [0.3, 0.4) is 0 Å². The molecule has 0 saturated heterocycles. The summed E-state index contributed by atoms with van der Waals surface area (Å²) < 4.78 is 29.9. The summed E-state index contributed by atoms with van der Waals surface area (Å²) >= 11 is 0. The van der Waals surface area contributed by atoms with Crippen molar-refractivity contribution in [3.8, 4) is 0 Å². The lowest BCUT2D eigenvalue weighted by Crippen LogP contribution is -2.25. The molecule has 0 radical (unpaired) electrons. The predicted molar refractivity (Wildman–Crippen MR) is 138 cm³/mol. The van der Waals surface area contributed by atoms with Crippen molar-refractivity contribution < 1.29 is 8.78 Å². The molecular formula is C31H50F2. The standard InChI is InChI=1S/C31H50F2/c1-4-6-8-10-11-23(3)31-29(32)21-28(22-30(31)33)27-19-17-26(18-20-27)25-15-13-24(14-16-25)12-9-7-5-2/h21-27H,4-20H2,1-3H3.